The van der Waals surface area contributed by atoms with E-state index in [0.29, 0.717) is 6.04 Å². The summed E-state index contributed by atoms with van der Waals surface area (Å²) in [5.41, 5.74) is 4.71. The van der Waals surface area contributed by atoms with Gasteiger partial charge in [0.2, 0.25) is 0 Å². The van der Waals surface area contributed by atoms with Crippen LogP contribution in [0.3, 0.4) is 0 Å². The summed E-state index contributed by atoms with van der Waals surface area (Å²) in [4.78, 5) is 14.5. The van der Waals surface area contributed by atoms with Gasteiger partial charge in [-0.1, -0.05) is 30.3 Å². The molecular formula is C24H30N4. The van der Waals surface area contributed by atoms with Crippen LogP contribution in [0.2, 0.25) is 0 Å². The molecule has 3 heterocycles. The quantitative estimate of drug-likeness (QED) is 0.646. The Morgan fingerprint density at radius 1 is 0.964 bits per heavy atom. The van der Waals surface area contributed by atoms with E-state index in [4.69, 9.17) is 4.98 Å². The third kappa shape index (κ3) is 4.40. The number of rotatable bonds is 6. The number of hydrogen-bond acceptors (Lipinski definition) is 4. The number of nitrogens with zero attached hydrogens (tertiary/aromatic N) is 4. The minimum absolute atomic E-state index is 0.351. The van der Waals surface area contributed by atoms with E-state index < -0.39 is 0 Å². The Bertz CT molecular complexity index is 901. The maximum Gasteiger partial charge on any atom is 0.0739 e. The van der Waals surface area contributed by atoms with Crippen LogP contribution in [0.1, 0.15) is 36.3 Å². The second-order valence-corrected chi connectivity index (χ2v) is 7.84. The first kappa shape index (κ1) is 19.0. The van der Waals surface area contributed by atoms with E-state index in [2.05, 4.69) is 64.2 Å². The van der Waals surface area contributed by atoms with Gasteiger partial charge in [0.15, 0.2) is 0 Å². The van der Waals surface area contributed by atoms with E-state index in [-0.39, 0.29) is 0 Å². The summed E-state index contributed by atoms with van der Waals surface area (Å²) in [6.45, 7) is 10.0. The smallest absolute Gasteiger partial charge is 0.0739 e. The van der Waals surface area contributed by atoms with E-state index in [0.717, 1.165) is 48.5 Å². The Kier molecular flexibility index (Phi) is 5.98. The molecule has 0 aliphatic carbocycles. The lowest BCUT2D eigenvalue weighted by molar-refractivity contribution is 0.100. The molecule has 146 valence electrons. The highest BCUT2D eigenvalue weighted by Gasteiger charge is 2.22. The van der Waals surface area contributed by atoms with Crippen LogP contribution in [0, 0.1) is 6.92 Å². The zero-order valence-electron chi connectivity index (χ0n) is 17.0. The summed E-state index contributed by atoms with van der Waals surface area (Å²) in [5.74, 6) is 0. The minimum atomic E-state index is 0.351. The van der Waals surface area contributed by atoms with Gasteiger partial charge in [0.1, 0.15) is 0 Å². The first-order valence-electron chi connectivity index (χ1n) is 10.4. The molecule has 0 saturated carbocycles. The predicted molar refractivity (Wildman–Crippen MR) is 115 cm³/mol. The summed E-state index contributed by atoms with van der Waals surface area (Å²) < 4.78 is 0. The molecule has 4 rings (SSSR count). The van der Waals surface area contributed by atoms with Crippen molar-refractivity contribution in [3.8, 4) is 0 Å². The number of piperazine rings is 1. The Balaban J connectivity index is 1.29. The van der Waals surface area contributed by atoms with Crippen LogP contribution in [-0.4, -0.2) is 52.5 Å². The molecule has 0 spiro atoms. The molecule has 2 aromatic heterocycles. The molecule has 28 heavy (non-hydrogen) atoms. The van der Waals surface area contributed by atoms with Crippen LogP contribution in [0.5, 0.6) is 0 Å². The van der Waals surface area contributed by atoms with Gasteiger partial charge in [-0.2, -0.15) is 0 Å². The first-order valence-corrected chi connectivity index (χ1v) is 10.4. The van der Waals surface area contributed by atoms with Crippen molar-refractivity contribution in [2.24, 2.45) is 0 Å². The number of aryl methyl sites for hydroxylation is 2. The van der Waals surface area contributed by atoms with Crippen molar-refractivity contribution in [2.45, 2.75) is 32.7 Å². The van der Waals surface area contributed by atoms with E-state index in [9.17, 15) is 0 Å². The lowest BCUT2D eigenvalue weighted by Gasteiger charge is -2.38. The monoisotopic (exact) mass is 374 g/mol. The number of fused-ring (bicyclic) bond motifs is 1. The summed E-state index contributed by atoms with van der Waals surface area (Å²) in [5, 5.41) is 1.15. The fourth-order valence-corrected chi connectivity index (χ4v) is 4.16. The van der Waals surface area contributed by atoms with E-state index in [1.165, 1.54) is 24.9 Å². The zero-order valence-corrected chi connectivity index (χ0v) is 17.0. The Morgan fingerprint density at radius 2 is 1.75 bits per heavy atom. The standard InChI is InChI=1S/C24H30N4/c1-19-22-10-11-23(26-24(22)12-13-25-19)20(2)28-17-15-27(16-18-28)14-6-9-21-7-4-3-5-8-21/h3-5,7-8,10-13,20H,6,9,14-18H2,1-2H3. The van der Waals surface area contributed by atoms with E-state index in [1.807, 2.05) is 19.2 Å². The highest BCUT2D eigenvalue weighted by Crippen LogP contribution is 2.23. The molecule has 1 atom stereocenters. The Labute approximate surface area is 168 Å². The van der Waals surface area contributed by atoms with Crippen LogP contribution >= 0.6 is 0 Å². The van der Waals surface area contributed by atoms with Gasteiger partial charge in [-0.15, -0.1) is 0 Å². The van der Waals surface area contributed by atoms with Crippen LogP contribution in [0.15, 0.2) is 54.7 Å². The van der Waals surface area contributed by atoms with E-state index >= 15 is 0 Å². The molecule has 3 aromatic rings. The number of pyridine rings is 2. The van der Waals surface area contributed by atoms with Gasteiger partial charge in [-0.05, 0) is 57.0 Å². The second-order valence-electron chi connectivity index (χ2n) is 7.84. The average molecular weight is 375 g/mol. The van der Waals surface area contributed by atoms with Gasteiger partial charge in [-0.25, -0.2) is 0 Å². The molecule has 1 aliphatic heterocycles. The molecule has 1 aromatic carbocycles. The topological polar surface area (TPSA) is 32.3 Å². The molecule has 4 nitrogen and oxygen atoms in total. The maximum atomic E-state index is 4.92. The van der Waals surface area contributed by atoms with Gasteiger partial charge in [-0.3, -0.25) is 14.9 Å². The van der Waals surface area contributed by atoms with Crippen LogP contribution in [0.4, 0.5) is 0 Å². The van der Waals surface area contributed by atoms with Crippen molar-refractivity contribution in [3.63, 3.8) is 0 Å². The highest BCUT2D eigenvalue weighted by molar-refractivity contribution is 5.80. The largest absolute Gasteiger partial charge is 0.301 e. The van der Waals surface area contributed by atoms with Crippen molar-refractivity contribution in [1.29, 1.82) is 0 Å². The predicted octanol–water partition coefficient (Wildman–Crippen LogP) is 4.25. The van der Waals surface area contributed by atoms with Crippen LogP contribution in [0.25, 0.3) is 10.9 Å². The molecule has 0 bridgehead atoms. The highest BCUT2D eigenvalue weighted by atomic mass is 15.3. The Morgan fingerprint density at radius 3 is 2.54 bits per heavy atom. The van der Waals surface area contributed by atoms with Gasteiger partial charge in [0.05, 0.1) is 11.2 Å². The summed E-state index contributed by atoms with van der Waals surface area (Å²) in [6.07, 6.45) is 4.26. The molecular weight excluding hydrogens is 344 g/mol. The number of hydrogen-bond donors (Lipinski definition) is 0. The van der Waals surface area contributed by atoms with Crippen molar-refractivity contribution < 1.29 is 0 Å². The lowest BCUT2D eigenvalue weighted by Crippen LogP contribution is -2.47. The molecule has 0 amide bonds. The van der Waals surface area contributed by atoms with Crippen LogP contribution < -0.4 is 0 Å². The molecule has 0 N–H and O–H groups in total. The summed E-state index contributed by atoms with van der Waals surface area (Å²) in [7, 11) is 0. The molecule has 1 unspecified atom stereocenters. The van der Waals surface area contributed by atoms with Gasteiger partial charge in [0.25, 0.3) is 0 Å². The fraction of sp³-hybridized carbons (Fsp3) is 0.417. The number of benzene rings is 1. The second kappa shape index (κ2) is 8.80. The SMILES string of the molecule is Cc1nccc2nc(C(C)N3CCN(CCCc4ccccc4)CC3)ccc12. The van der Waals surface area contributed by atoms with Gasteiger partial charge < -0.3 is 4.90 Å². The molecule has 0 radical (unpaired) electrons. The van der Waals surface area contributed by atoms with Gasteiger partial charge in [0, 0.05) is 49.5 Å². The van der Waals surface area contributed by atoms with Crippen molar-refractivity contribution in [3.05, 3.63) is 71.7 Å². The lowest BCUT2D eigenvalue weighted by atomic mass is 10.1. The molecule has 1 saturated heterocycles. The summed E-state index contributed by atoms with van der Waals surface area (Å²) in [6, 6.07) is 17.5. The van der Waals surface area contributed by atoms with Crippen molar-refractivity contribution in [2.75, 3.05) is 32.7 Å². The molecule has 4 heteroatoms. The van der Waals surface area contributed by atoms with E-state index in [1.54, 1.807) is 0 Å². The maximum absolute atomic E-state index is 4.92. The molecule has 1 fully saturated rings. The fourth-order valence-electron chi connectivity index (χ4n) is 4.16. The number of aromatic nitrogens is 2. The summed E-state index contributed by atoms with van der Waals surface area (Å²) >= 11 is 0. The third-order valence-corrected chi connectivity index (χ3v) is 6.00. The minimum Gasteiger partial charge on any atom is -0.301 e. The Hall–Kier alpha value is -2.30. The third-order valence-electron chi connectivity index (χ3n) is 6.00. The van der Waals surface area contributed by atoms with Crippen molar-refractivity contribution in [1.82, 2.24) is 19.8 Å². The van der Waals surface area contributed by atoms with Crippen molar-refractivity contribution >= 4 is 10.9 Å². The zero-order chi connectivity index (χ0) is 19.3. The van der Waals surface area contributed by atoms with Gasteiger partial charge >= 0.3 is 0 Å². The van der Waals surface area contributed by atoms with Crippen LogP contribution in [-0.2, 0) is 6.42 Å². The average Bonchev–Trinajstić information content (AvgIpc) is 2.74. The first-order chi connectivity index (χ1) is 13.7. The normalized spacial score (nSPS) is 17.1. The molecule has 1 aliphatic rings.